The molecule has 0 fully saturated rings. The Morgan fingerprint density at radius 1 is 1.44 bits per heavy atom. The third-order valence-corrected chi connectivity index (χ3v) is 2.57. The normalized spacial score (nSPS) is 12.1. The van der Waals surface area contributed by atoms with Crippen molar-refractivity contribution in [2.24, 2.45) is 0 Å². The minimum atomic E-state index is -0.947. The number of urea groups is 1. The smallest absolute Gasteiger partial charge is 0.317 e. The van der Waals surface area contributed by atoms with E-state index in [0.717, 1.165) is 12.1 Å². The number of hydrogen-bond donors (Lipinski definition) is 2. The summed E-state index contributed by atoms with van der Waals surface area (Å²) in [5.74, 6) is -1.87. The molecule has 1 atom stereocenters. The van der Waals surface area contributed by atoms with E-state index >= 15 is 0 Å². The number of likely N-dealkylation sites (N-methyl/N-ethyl adjacent to an activating group) is 1. The van der Waals surface area contributed by atoms with E-state index in [1.807, 2.05) is 0 Å². The Morgan fingerprint density at radius 2 is 2.11 bits per heavy atom. The van der Waals surface area contributed by atoms with Crippen LogP contribution in [0.15, 0.2) is 18.2 Å². The van der Waals surface area contributed by atoms with Crippen molar-refractivity contribution in [1.29, 1.82) is 0 Å². The molecule has 1 aromatic rings. The summed E-state index contributed by atoms with van der Waals surface area (Å²) in [6.07, 6.45) is 0. The van der Waals surface area contributed by atoms with E-state index in [-0.39, 0.29) is 19.2 Å². The minimum absolute atomic E-state index is 0.135. The molecule has 4 nitrogen and oxygen atoms in total. The predicted octanol–water partition coefficient (Wildman–Crippen LogP) is 1.66. The highest BCUT2D eigenvalue weighted by Gasteiger charge is 2.14. The van der Waals surface area contributed by atoms with Crippen molar-refractivity contribution < 1.29 is 18.7 Å². The van der Waals surface area contributed by atoms with Crippen LogP contribution < -0.4 is 5.32 Å². The number of benzene rings is 1. The molecule has 2 amide bonds. The Hall–Kier alpha value is -1.69. The fourth-order valence-electron chi connectivity index (χ4n) is 1.41. The highest BCUT2D eigenvalue weighted by molar-refractivity contribution is 5.74. The topological polar surface area (TPSA) is 52.6 Å². The number of halogens is 2. The molecular formula is C12H16F2N2O2. The molecule has 18 heavy (non-hydrogen) atoms. The molecule has 1 unspecified atom stereocenters. The van der Waals surface area contributed by atoms with Crippen LogP contribution in [-0.4, -0.2) is 36.2 Å². The lowest BCUT2D eigenvalue weighted by Gasteiger charge is -2.20. The van der Waals surface area contributed by atoms with E-state index in [4.69, 9.17) is 5.11 Å². The lowest BCUT2D eigenvalue weighted by atomic mass is 10.1. The van der Waals surface area contributed by atoms with Crippen LogP contribution in [0, 0.1) is 11.6 Å². The molecule has 0 radical (unpaired) electrons. The van der Waals surface area contributed by atoms with Gasteiger partial charge in [-0.1, -0.05) is 6.07 Å². The van der Waals surface area contributed by atoms with Crippen molar-refractivity contribution in [3.63, 3.8) is 0 Å². The van der Waals surface area contributed by atoms with Crippen molar-refractivity contribution in [2.45, 2.75) is 13.0 Å². The van der Waals surface area contributed by atoms with E-state index in [2.05, 4.69) is 5.32 Å². The fourth-order valence-corrected chi connectivity index (χ4v) is 1.41. The molecular weight excluding hydrogens is 242 g/mol. The van der Waals surface area contributed by atoms with Gasteiger partial charge >= 0.3 is 6.03 Å². The summed E-state index contributed by atoms with van der Waals surface area (Å²) in [5, 5.41) is 11.3. The number of aliphatic hydroxyl groups excluding tert-OH is 1. The Bertz CT molecular complexity index is 427. The number of nitrogens with zero attached hydrogens (tertiary/aromatic N) is 1. The van der Waals surface area contributed by atoms with Crippen molar-refractivity contribution in [3.8, 4) is 0 Å². The standard InChI is InChI=1S/C12H16F2N2O2/c1-8(15-12(18)16(2)5-6-17)9-3-4-10(13)11(14)7-9/h3-4,7-8,17H,5-6H2,1-2H3,(H,15,18). The van der Waals surface area contributed by atoms with Crippen molar-refractivity contribution in [3.05, 3.63) is 35.4 Å². The Balaban J connectivity index is 2.67. The van der Waals surface area contributed by atoms with Gasteiger partial charge < -0.3 is 15.3 Å². The number of rotatable bonds is 4. The molecule has 0 bridgehead atoms. The van der Waals surface area contributed by atoms with Crippen LogP contribution in [0.1, 0.15) is 18.5 Å². The SMILES string of the molecule is CC(NC(=O)N(C)CCO)c1ccc(F)c(F)c1. The molecule has 100 valence electrons. The summed E-state index contributed by atoms with van der Waals surface area (Å²) in [4.78, 5) is 12.9. The highest BCUT2D eigenvalue weighted by Crippen LogP contribution is 2.16. The summed E-state index contributed by atoms with van der Waals surface area (Å²) < 4.78 is 25.8. The van der Waals surface area contributed by atoms with Crippen molar-refractivity contribution in [2.75, 3.05) is 20.2 Å². The number of aliphatic hydroxyl groups is 1. The van der Waals surface area contributed by atoms with Gasteiger partial charge in [0, 0.05) is 13.6 Å². The molecule has 0 saturated heterocycles. The molecule has 0 spiro atoms. The molecule has 0 aliphatic rings. The lowest BCUT2D eigenvalue weighted by molar-refractivity contribution is 0.188. The zero-order chi connectivity index (χ0) is 13.7. The maximum atomic E-state index is 13.0. The van der Waals surface area contributed by atoms with Gasteiger partial charge in [0.05, 0.1) is 12.6 Å². The second kappa shape index (κ2) is 6.30. The van der Waals surface area contributed by atoms with Crippen LogP contribution >= 0.6 is 0 Å². The molecule has 0 aromatic heterocycles. The maximum Gasteiger partial charge on any atom is 0.317 e. The van der Waals surface area contributed by atoms with Crippen LogP contribution in [0.3, 0.4) is 0 Å². The zero-order valence-electron chi connectivity index (χ0n) is 10.3. The number of hydrogen-bond acceptors (Lipinski definition) is 2. The van der Waals surface area contributed by atoms with Gasteiger partial charge in [0.1, 0.15) is 0 Å². The second-order valence-corrected chi connectivity index (χ2v) is 3.99. The molecule has 0 heterocycles. The van der Waals surface area contributed by atoms with Crippen LogP contribution in [0.5, 0.6) is 0 Å². The number of carbonyl (C=O) groups excluding carboxylic acids is 1. The summed E-state index contributed by atoms with van der Waals surface area (Å²) in [6, 6.07) is 2.64. The van der Waals surface area contributed by atoms with Gasteiger partial charge in [-0.15, -0.1) is 0 Å². The zero-order valence-corrected chi connectivity index (χ0v) is 10.3. The summed E-state index contributed by atoms with van der Waals surface area (Å²) in [6.45, 7) is 1.73. The predicted molar refractivity (Wildman–Crippen MR) is 63.0 cm³/mol. The molecule has 0 aliphatic heterocycles. The largest absolute Gasteiger partial charge is 0.395 e. The van der Waals surface area contributed by atoms with E-state index in [9.17, 15) is 13.6 Å². The molecule has 0 aliphatic carbocycles. The Kier molecular flexibility index (Phi) is 5.03. The van der Waals surface area contributed by atoms with E-state index in [1.54, 1.807) is 6.92 Å². The van der Waals surface area contributed by atoms with Crippen LogP contribution in [0.4, 0.5) is 13.6 Å². The third-order valence-electron chi connectivity index (χ3n) is 2.57. The van der Waals surface area contributed by atoms with Gasteiger partial charge in [0.15, 0.2) is 11.6 Å². The average molecular weight is 258 g/mol. The lowest BCUT2D eigenvalue weighted by Crippen LogP contribution is -2.39. The number of amides is 2. The van der Waals surface area contributed by atoms with Gasteiger partial charge in [0.2, 0.25) is 0 Å². The van der Waals surface area contributed by atoms with E-state index in [0.29, 0.717) is 5.56 Å². The monoisotopic (exact) mass is 258 g/mol. The van der Waals surface area contributed by atoms with E-state index in [1.165, 1.54) is 18.0 Å². The molecule has 1 rings (SSSR count). The molecule has 6 heteroatoms. The van der Waals surface area contributed by atoms with Gasteiger partial charge in [0.25, 0.3) is 0 Å². The Labute approximate surface area is 104 Å². The molecule has 1 aromatic carbocycles. The second-order valence-electron chi connectivity index (χ2n) is 3.99. The fraction of sp³-hybridized carbons (Fsp3) is 0.417. The third kappa shape index (κ3) is 3.66. The maximum absolute atomic E-state index is 13.0. The van der Waals surface area contributed by atoms with Crippen LogP contribution in [0.2, 0.25) is 0 Å². The quantitative estimate of drug-likeness (QED) is 0.863. The van der Waals surface area contributed by atoms with Gasteiger partial charge in [-0.25, -0.2) is 13.6 Å². The number of carbonyl (C=O) groups is 1. The van der Waals surface area contributed by atoms with Crippen molar-refractivity contribution in [1.82, 2.24) is 10.2 Å². The summed E-state index contributed by atoms with van der Waals surface area (Å²) in [7, 11) is 1.53. The van der Waals surface area contributed by atoms with E-state index < -0.39 is 17.7 Å². The van der Waals surface area contributed by atoms with Gasteiger partial charge in [-0.2, -0.15) is 0 Å². The van der Waals surface area contributed by atoms with Gasteiger partial charge in [-0.05, 0) is 24.6 Å². The Morgan fingerprint density at radius 3 is 2.67 bits per heavy atom. The molecule has 2 N–H and O–H groups in total. The first kappa shape index (κ1) is 14.4. The first-order valence-corrected chi connectivity index (χ1v) is 5.53. The molecule has 0 saturated carbocycles. The van der Waals surface area contributed by atoms with Gasteiger partial charge in [-0.3, -0.25) is 0 Å². The first-order chi connectivity index (χ1) is 8.45. The minimum Gasteiger partial charge on any atom is -0.395 e. The first-order valence-electron chi connectivity index (χ1n) is 5.53. The number of nitrogens with one attached hydrogen (secondary N) is 1. The van der Waals surface area contributed by atoms with Crippen LogP contribution in [-0.2, 0) is 0 Å². The highest BCUT2D eigenvalue weighted by atomic mass is 19.2. The average Bonchev–Trinajstić information content (AvgIpc) is 2.32. The van der Waals surface area contributed by atoms with Crippen LogP contribution in [0.25, 0.3) is 0 Å². The summed E-state index contributed by atoms with van der Waals surface area (Å²) in [5.41, 5.74) is 0.472. The summed E-state index contributed by atoms with van der Waals surface area (Å²) >= 11 is 0. The van der Waals surface area contributed by atoms with Crippen molar-refractivity contribution >= 4 is 6.03 Å².